The van der Waals surface area contributed by atoms with Gasteiger partial charge in [0.05, 0.1) is 10.2 Å². The summed E-state index contributed by atoms with van der Waals surface area (Å²) in [6.45, 7) is 1.52. The number of alkyl halides is 3. The van der Waals surface area contributed by atoms with E-state index in [1.807, 2.05) is 0 Å². The number of thiazole rings is 1. The maximum absolute atomic E-state index is 13.9. The standard InChI is InChI=1S/C20H15F4N5O2S/c1-10-9-25-16(26-10)19(31,20(22,23)24)11-2-7-14-15(8-11)32-18(28-14)29-17(30)27-13-5-3-12(21)4-6-13/h2-9,31H,1H3,(H,25,26)(H2,27,28,29,30)/t19-/m1/s1. The van der Waals surface area contributed by atoms with Gasteiger partial charge in [0.2, 0.25) is 5.60 Å². The Morgan fingerprint density at radius 1 is 1.12 bits per heavy atom. The van der Waals surface area contributed by atoms with Crippen molar-refractivity contribution < 1.29 is 27.5 Å². The highest BCUT2D eigenvalue weighted by atomic mass is 32.1. The molecule has 1 atom stereocenters. The quantitative estimate of drug-likeness (QED) is 0.322. The van der Waals surface area contributed by atoms with Gasteiger partial charge >= 0.3 is 12.2 Å². The first-order chi connectivity index (χ1) is 15.1. The first-order valence-corrected chi connectivity index (χ1v) is 9.94. The Balaban J connectivity index is 1.62. The Morgan fingerprint density at radius 2 is 1.84 bits per heavy atom. The number of rotatable bonds is 4. The number of nitrogens with one attached hydrogen (secondary N) is 3. The van der Waals surface area contributed by atoms with E-state index in [-0.39, 0.29) is 5.13 Å². The Kier molecular flexibility index (Phi) is 5.34. The number of urea groups is 1. The second kappa shape index (κ2) is 7.88. The maximum atomic E-state index is 13.9. The van der Waals surface area contributed by atoms with Crippen molar-refractivity contribution in [3.05, 3.63) is 71.6 Å². The third kappa shape index (κ3) is 4.01. The van der Waals surface area contributed by atoms with Crippen molar-refractivity contribution in [2.75, 3.05) is 10.6 Å². The van der Waals surface area contributed by atoms with Gasteiger partial charge in [0.25, 0.3) is 0 Å². The molecule has 2 heterocycles. The van der Waals surface area contributed by atoms with Crippen LogP contribution in [-0.4, -0.2) is 32.3 Å². The highest BCUT2D eigenvalue weighted by Gasteiger charge is 2.58. The molecule has 166 valence electrons. The van der Waals surface area contributed by atoms with Gasteiger partial charge in [0, 0.05) is 23.1 Å². The van der Waals surface area contributed by atoms with E-state index < -0.39 is 35.0 Å². The zero-order valence-electron chi connectivity index (χ0n) is 16.3. The van der Waals surface area contributed by atoms with Gasteiger partial charge in [-0.15, -0.1) is 0 Å². The van der Waals surface area contributed by atoms with Crippen molar-refractivity contribution in [3.63, 3.8) is 0 Å². The molecule has 4 aromatic rings. The van der Waals surface area contributed by atoms with Crippen LogP contribution in [0.3, 0.4) is 0 Å². The van der Waals surface area contributed by atoms with E-state index in [1.54, 1.807) is 0 Å². The zero-order valence-corrected chi connectivity index (χ0v) is 17.1. The molecule has 32 heavy (non-hydrogen) atoms. The van der Waals surface area contributed by atoms with E-state index in [9.17, 15) is 27.5 Å². The number of aromatic amines is 1. The summed E-state index contributed by atoms with van der Waals surface area (Å²) >= 11 is 0.928. The molecule has 12 heteroatoms. The average Bonchev–Trinajstić information content (AvgIpc) is 3.33. The number of carbonyl (C=O) groups is 1. The summed E-state index contributed by atoms with van der Waals surface area (Å²) in [5, 5.41) is 15.8. The molecule has 0 aliphatic heterocycles. The molecule has 0 unspecified atom stereocenters. The third-order valence-electron chi connectivity index (χ3n) is 4.58. The van der Waals surface area contributed by atoms with Gasteiger partial charge in [-0.3, -0.25) is 5.32 Å². The molecule has 0 saturated carbocycles. The molecule has 0 bridgehead atoms. The Bertz CT molecular complexity index is 1290. The number of hydrogen-bond donors (Lipinski definition) is 4. The summed E-state index contributed by atoms with van der Waals surface area (Å²) in [4.78, 5) is 22.4. The summed E-state index contributed by atoms with van der Waals surface area (Å²) in [5.41, 5.74) is -2.77. The van der Waals surface area contributed by atoms with E-state index in [0.717, 1.165) is 23.5 Å². The summed E-state index contributed by atoms with van der Waals surface area (Å²) in [5.74, 6) is -1.11. The minimum Gasteiger partial charge on any atom is -0.370 e. The number of nitrogens with zero attached hydrogens (tertiary/aromatic N) is 2. The number of halogens is 4. The highest BCUT2D eigenvalue weighted by molar-refractivity contribution is 7.22. The monoisotopic (exact) mass is 465 g/mol. The molecule has 0 aliphatic carbocycles. The number of H-pyrrole nitrogens is 1. The molecule has 0 spiro atoms. The van der Waals surface area contributed by atoms with Gasteiger partial charge in [-0.25, -0.2) is 19.2 Å². The van der Waals surface area contributed by atoms with Crippen LogP contribution in [0.15, 0.2) is 48.7 Å². The molecule has 2 aromatic heterocycles. The fourth-order valence-electron chi connectivity index (χ4n) is 3.03. The van der Waals surface area contributed by atoms with Crippen LogP contribution in [0.4, 0.5) is 33.2 Å². The van der Waals surface area contributed by atoms with Crippen LogP contribution in [0, 0.1) is 12.7 Å². The van der Waals surface area contributed by atoms with Crippen LogP contribution in [-0.2, 0) is 5.60 Å². The number of aryl methyl sites for hydroxylation is 1. The number of aliphatic hydroxyl groups is 1. The lowest BCUT2D eigenvalue weighted by Crippen LogP contribution is -2.44. The van der Waals surface area contributed by atoms with E-state index in [0.29, 0.717) is 21.6 Å². The number of carbonyl (C=O) groups excluding carboxylic acids is 1. The minimum atomic E-state index is -5.05. The van der Waals surface area contributed by atoms with Gasteiger partial charge in [0.15, 0.2) is 11.0 Å². The van der Waals surface area contributed by atoms with E-state index in [2.05, 4.69) is 25.6 Å². The van der Waals surface area contributed by atoms with E-state index in [1.165, 1.54) is 43.5 Å². The predicted octanol–water partition coefficient (Wildman–Crippen LogP) is 4.91. The van der Waals surface area contributed by atoms with Gasteiger partial charge < -0.3 is 15.4 Å². The van der Waals surface area contributed by atoms with Crippen LogP contribution in [0.1, 0.15) is 17.1 Å². The van der Waals surface area contributed by atoms with Crippen LogP contribution >= 0.6 is 11.3 Å². The van der Waals surface area contributed by atoms with Gasteiger partial charge in [-0.2, -0.15) is 13.2 Å². The average molecular weight is 465 g/mol. The van der Waals surface area contributed by atoms with Crippen LogP contribution in [0.5, 0.6) is 0 Å². The molecule has 4 N–H and O–H groups in total. The number of amides is 2. The fourth-order valence-corrected chi connectivity index (χ4v) is 3.93. The van der Waals surface area contributed by atoms with Crippen LogP contribution in [0.25, 0.3) is 10.2 Å². The van der Waals surface area contributed by atoms with Gasteiger partial charge in [-0.05, 0) is 43.3 Å². The molecule has 2 amide bonds. The number of imidazole rings is 1. The third-order valence-corrected chi connectivity index (χ3v) is 5.52. The Hall–Kier alpha value is -3.51. The van der Waals surface area contributed by atoms with Crippen molar-refractivity contribution in [3.8, 4) is 0 Å². The van der Waals surface area contributed by atoms with Gasteiger partial charge in [-0.1, -0.05) is 17.4 Å². The fraction of sp³-hybridized carbons (Fsp3) is 0.150. The number of aromatic nitrogens is 3. The van der Waals surface area contributed by atoms with Gasteiger partial charge in [0.1, 0.15) is 5.82 Å². The lowest BCUT2D eigenvalue weighted by atomic mass is 9.92. The summed E-state index contributed by atoms with van der Waals surface area (Å²) < 4.78 is 54.9. The van der Waals surface area contributed by atoms with E-state index in [4.69, 9.17) is 0 Å². The molecule has 2 aromatic carbocycles. The molecule has 0 saturated heterocycles. The molecule has 0 fully saturated rings. The first kappa shape index (κ1) is 21.7. The van der Waals surface area contributed by atoms with Crippen molar-refractivity contribution in [1.29, 1.82) is 0 Å². The number of hydrogen-bond acceptors (Lipinski definition) is 5. The zero-order chi connectivity index (χ0) is 23.1. The minimum absolute atomic E-state index is 0.126. The number of anilines is 2. The lowest BCUT2D eigenvalue weighted by molar-refractivity contribution is -0.251. The summed E-state index contributed by atoms with van der Waals surface area (Å²) in [6.07, 6.45) is -3.86. The molecule has 7 nitrogen and oxygen atoms in total. The first-order valence-electron chi connectivity index (χ1n) is 9.12. The molecular weight excluding hydrogens is 450 g/mol. The normalized spacial score (nSPS) is 13.7. The SMILES string of the molecule is Cc1cnc([C@](O)(c2ccc3nc(NC(=O)Nc4ccc(F)cc4)sc3c2)C(F)(F)F)[nH]1. The number of fused-ring (bicyclic) bond motifs is 1. The predicted molar refractivity (Wildman–Crippen MR) is 111 cm³/mol. The number of benzene rings is 2. The smallest absolute Gasteiger partial charge is 0.370 e. The van der Waals surface area contributed by atoms with Crippen molar-refractivity contribution >= 4 is 38.4 Å². The van der Waals surface area contributed by atoms with Crippen molar-refractivity contribution in [2.24, 2.45) is 0 Å². The highest BCUT2D eigenvalue weighted by Crippen LogP contribution is 2.44. The van der Waals surface area contributed by atoms with Crippen LogP contribution < -0.4 is 10.6 Å². The largest absolute Gasteiger partial charge is 0.428 e. The maximum Gasteiger partial charge on any atom is 0.428 e. The molecule has 0 radical (unpaired) electrons. The molecule has 0 aliphatic rings. The Morgan fingerprint density at radius 3 is 2.47 bits per heavy atom. The topological polar surface area (TPSA) is 103 Å². The second-order valence-electron chi connectivity index (χ2n) is 6.91. The Labute approximate surface area is 182 Å². The summed E-state index contributed by atoms with van der Waals surface area (Å²) in [7, 11) is 0. The lowest BCUT2D eigenvalue weighted by Gasteiger charge is -2.29. The van der Waals surface area contributed by atoms with Crippen molar-refractivity contribution in [2.45, 2.75) is 18.7 Å². The second-order valence-corrected chi connectivity index (χ2v) is 7.94. The summed E-state index contributed by atoms with van der Waals surface area (Å²) in [6, 6.07) is 8.01. The van der Waals surface area contributed by atoms with Crippen LogP contribution in [0.2, 0.25) is 0 Å². The molecule has 4 rings (SSSR count). The van der Waals surface area contributed by atoms with Crippen molar-refractivity contribution in [1.82, 2.24) is 15.0 Å². The molecular formula is C20H15F4N5O2S. The van der Waals surface area contributed by atoms with E-state index >= 15 is 0 Å².